The van der Waals surface area contributed by atoms with Crippen molar-refractivity contribution in [1.29, 1.82) is 0 Å². The van der Waals surface area contributed by atoms with Crippen LogP contribution in [0.4, 0.5) is 18.9 Å². The predicted octanol–water partition coefficient (Wildman–Crippen LogP) is 1.93. The molecule has 0 saturated carbocycles. The van der Waals surface area contributed by atoms with Gasteiger partial charge < -0.3 is 20.5 Å². The fraction of sp³-hybridized carbons (Fsp3) is 0.462. The monoisotopic (exact) mass is 306 g/mol. The van der Waals surface area contributed by atoms with Gasteiger partial charge in [0.1, 0.15) is 19.0 Å². The lowest BCUT2D eigenvalue weighted by atomic mass is 10.3. The van der Waals surface area contributed by atoms with Gasteiger partial charge >= 0.3 is 6.18 Å². The van der Waals surface area contributed by atoms with Crippen LogP contribution in [0.1, 0.15) is 6.42 Å². The van der Waals surface area contributed by atoms with Crippen LogP contribution in [0.25, 0.3) is 0 Å². The molecular weight excluding hydrogens is 289 g/mol. The summed E-state index contributed by atoms with van der Waals surface area (Å²) in [6.45, 7) is -0.937. The Labute approximate surface area is 120 Å². The minimum Gasteiger partial charge on any atom is -0.492 e. The maximum Gasteiger partial charge on any atom is 0.411 e. The van der Waals surface area contributed by atoms with Gasteiger partial charge in [-0.2, -0.15) is 13.2 Å². The van der Waals surface area contributed by atoms with Gasteiger partial charge in [0.15, 0.2) is 0 Å². The number of carbonyl (C=O) groups excluding carboxylic acids is 1. The first-order valence-electron chi connectivity index (χ1n) is 6.28. The molecule has 118 valence electrons. The smallest absolute Gasteiger partial charge is 0.411 e. The van der Waals surface area contributed by atoms with Gasteiger partial charge in [-0.1, -0.05) is 6.07 Å². The third-order valence-corrected chi connectivity index (χ3v) is 2.24. The summed E-state index contributed by atoms with van der Waals surface area (Å²) in [7, 11) is 0. The predicted molar refractivity (Wildman–Crippen MR) is 71.1 cm³/mol. The molecule has 0 atom stereocenters. The minimum atomic E-state index is -4.38. The molecule has 1 aromatic carbocycles. The second-order valence-electron chi connectivity index (χ2n) is 4.13. The number of hydrogen-bond acceptors (Lipinski definition) is 4. The van der Waals surface area contributed by atoms with E-state index in [-0.39, 0.29) is 13.0 Å². The van der Waals surface area contributed by atoms with Gasteiger partial charge in [-0.05, 0) is 12.1 Å². The van der Waals surface area contributed by atoms with Crippen LogP contribution in [-0.4, -0.2) is 38.4 Å². The molecule has 0 aliphatic rings. The van der Waals surface area contributed by atoms with E-state index in [2.05, 4.69) is 10.1 Å². The number of benzene rings is 1. The summed E-state index contributed by atoms with van der Waals surface area (Å²) < 4.78 is 45.1. The first-order chi connectivity index (χ1) is 9.90. The first kappa shape index (κ1) is 17.3. The minimum absolute atomic E-state index is 0.163. The molecule has 5 nitrogen and oxygen atoms in total. The molecule has 0 aliphatic carbocycles. The molecule has 1 aromatic rings. The zero-order valence-corrected chi connectivity index (χ0v) is 11.3. The van der Waals surface area contributed by atoms with E-state index < -0.39 is 18.7 Å². The largest absolute Gasteiger partial charge is 0.492 e. The summed E-state index contributed by atoms with van der Waals surface area (Å²) >= 11 is 0. The molecule has 8 heteroatoms. The Bertz CT molecular complexity index is 453. The number of anilines is 1. The average molecular weight is 306 g/mol. The third kappa shape index (κ3) is 8.16. The molecule has 0 aromatic heterocycles. The van der Waals surface area contributed by atoms with Gasteiger partial charge in [0.05, 0.1) is 13.0 Å². The Balaban J connectivity index is 2.34. The average Bonchev–Trinajstić information content (AvgIpc) is 2.41. The fourth-order valence-electron chi connectivity index (χ4n) is 1.42. The van der Waals surface area contributed by atoms with Gasteiger partial charge in [-0.25, -0.2) is 0 Å². The standard InChI is InChI=1S/C13H17F3N2O3/c14-13(15,16)9-20-6-4-12(19)18-10-2-1-3-11(8-10)21-7-5-17/h1-3,8H,4-7,9,17H2,(H,18,19). The summed E-state index contributed by atoms with van der Waals surface area (Å²) in [5.74, 6) is 0.111. The number of rotatable bonds is 8. The van der Waals surface area contributed by atoms with Crippen LogP contribution >= 0.6 is 0 Å². The molecule has 0 unspecified atom stereocenters. The number of ether oxygens (including phenoxy) is 2. The van der Waals surface area contributed by atoms with Gasteiger partial charge in [0.25, 0.3) is 0 Å². The summed E-state index contributed by atoms with van der Waals surface area (Å²) in [6, 6.07) is 6.63. The van der Waals surface area contributed by atoms with Crippen molar-refractivity contribution in [3.05, 3.63) is 24.3 Å². The molecule has 0 saturated heterocycles. The summed E-state index contributed by atoms with van der Waals surface area (Å²) in [4.78, 5) is 11.5. The van der Waals surface area contributed by atoms with E-state index in [0.717, 1.165) is 0 Å². The first-order valence-corrected chi connectivity index (χ1v) is 6.28. The van der Waals surface area contributed by atoms with E-state index >= 15 is 0 Å². The van der Waals surface area contributed by atoms with E-state index in [9.17, 15) is 18.0 Å². The van der Waals surface area contributed by atoms with Crippen LogP contribution in [0.5, 0.6) is 5.75 Å². The summed E-state index contributed by atoms with van der Waals surface area (Å²) in [5, 5.41) is 2.54. The topological polar surface area (TPSA) is 73.6 Å². The van der Waals surface area contributed by atoms with E-state index in [1.54, 1.807) is 24.3 Å². The van der Waals surface area contributed by atoms with Crippen molar-refractivity contribution < 1.29 is 27.4 Å². The highest BCUT2D eigenvalue weighted by atomic mass is 19.4. The van der Waals surface area contributed by atoms with E-state index in [1.807, 2.05) is 0 Å². The Kier molecular flexibility index (Phi) is 6.97. The highest BCUT2D eigenvalue weighted by Gasteiger charge is 2.27. The van der Waals surface area contributed by atoms with Crippen LogP contribution in [0.2, 0.25) is 0 Å². The quantitative estimate of drug-likeness (QED) is 0.720. The zero-order valence-electron chi connectivity index (χ0n) is 11.3. The van der Waals surface area contributed by atoms with E-state index in [4.69, 9.17) is 10.5 Å². The highest BCUT2D eigenvalue weighted by molar-refractivity contribution is 5.90. The summed E-state index contributed by atoms with van der Waals surface area (Å²) in [5.41, 5.74) is 5.80. The SMILES string of the molecule is NCCOc1cccc(NC(=O)CCOCC(F)(F)F)c1. The van der Waals surface area contributed by atoms with Crippen LogP contribution in [0.15, 0.2) is 24.3 Å². The van der Waals surface area contributed by atoms with Crippen molar-refractivity contribution in [3.8, 4) is 5.75 Å². The lowest BCUT2D eigenvalue weighted by Gasteiger charge is -2.09. The number of amides is 1. The van der Waals surface area contributed by atoms with Gasteiger partial charge in [-0.15, -0.1) is 0 Å². The van der Waals surface area contributed by atoms with Crippen molar-refractivity contribution in [3.63, 3.8) is 0 Å². The Morgan fingerprint density at radius 2 is 2.05 bits per heavy atom. The molecule has 0 heterocycles. The number of nitrogens with two attached hydrogens (primary N) is 1. The fourth-order valence-corrected chi connectivity index (χ4v) is 1.42. The molecule has 0 aliphatic heterocycles. The lowest BCUT2D eigenvalue weighted by Crippen LogP contribution is -2.20. The second-order valence-corrected chi connectivity index (χ2v) is 4.13. The second kappa shape index (κ2) is 8.48. The van der Waals surface area contributed by atoms with E-state index in [0.29, 0.717) is 24.6 Å². The number of alkyl halides is 3. The van der Waals surface area contributed by atoms with Crippen LogP contribution in [0, 0.1) is 0 Å². The molecule has 0 radical (unpaired) electrons. The number of nitrogens with one attached hydrogen (secondary N) is 1. The van der Waals surface area contributed by atoms with Gasteiger partial charge in [0.2, 0.25) is 5.91 Å². The van der Waals surface area contributed by atoms with E-state index in [1.165, 1.54) is 0 Å². The van der Waals surface area contributed by atoms with Crippen LogP contribution in [0.3, 0.4) is 0 Å². The third-order valence-electron chi connectivity index (χ3n) is 2.24. The molecular formula is C13H17F3N2O3. The van der Waals surface area contributed by atoms with Crippen molar-refractivity contribution in [2.24, 2.45) is 5.73 Å². The maximum atomic E-state index is 11.8. The number of carbonyl (C=O) groups is 1. The van der Waals surface area contributed by atoms with Gasteiger partial charge in [0, 0.05) is 18.3 Å². The van der Waals surface area contributed by atoms with Gasteiger partial charge in [-0.3, -0.25) is 4.79 Å². The molecule has 1 rings (SSSR count). The van der Waals surface area contributed by atoms with Crippen molar-refractivity contribution in [1.82, 2.24) is 0 Å². The molecule has 21 heavy (non-hydrogen) atoms. The Morgan fingerprint density at radius 1 is 1.29 bits per heavy atom. The maximum absolute atomic E-state index is 11.8. The molecule has 3 N–H and O–H groups in total. The Morgan fingerprint density at radius 3 is 2.71 bits per heavy atom. The summed E-state index contributed by atoms with van der Waals surface area (Å²) in [6.07, 6.45) is -4.55. The van der Waals surface area contributed by atoms with Crippen molar-refractivity contribution in [2.75, 3.05) is 31.7 Å². The molecule has 0 spiro atoms. The molecule has 1 amide bonds. The number of hydrogen-bond donors (Lipinski definition) is 2. The highest BCUT2D eigenvalue weighted by Crippen LogP contribution is 2.17. The Hall–Kier alpha value is -1.80. The number of halogens is 3. The van der Waals surface area contributed by atoms with Crippen molar-refractivity contribution >= 4 is 11.6 Å². The molecule has 0 fully saturated rings. The van der Waals surface area contributed by atoms with Crippen LogP contribution in [-0.2, 0) is 9.53 Å². The zero-order chi connectivity index (χ0) is 15.7. The van der Waals surface area contributed by atoms with Crippen LogP contribution < -0.4 is 15.8 Å². The lowest BCUT2D eigenvalue weighted by molar-refractivity contribution is -0.174. The normalized spacial score (nSPS) is 11.2. The van der Waals surface area contributed by atoms with Crippen molar-refractivity contribution in [2.45, 2.75) is 12.6 Å². The molecule has 0 bridgehead atoms.